The number of primary amides is 1. The molecule has 1 fully saturated rings. The second kappa shape index (κ2) is 9.10. The lowest BCUT2D eigenvalue weighted by Gasteiger charge is -2.42. The Balaban J connectivity index is 1.62. The smallest absolute Gasteiger partial charge is 0.231 e. The second-order valence-corrected chi connectivity index (χ2v) is 8.77. The summed E-state index contributed by atoms with van der Waals surface area (Å²) >= 11 is 0. The molecule has 0 radical (unpaired) electrons. The van der Waals surface area contributed by atoms with Crippen molar-refractivity contribution in [1.82, 2.24) is 14.7 Å². The summed E-state index contributed by atoms with van der Waals surface area (Å²) in [6.45, 7) is 9.39. The molecule has 4 rings (SSSR count). The molecule has 0 spiro atoms. The van der Waals surface area contributed by atoms with E-state index in [0.29, 0.717) is 12.6 Å². The van der Waals surface area contributed by atoms with E-state index in [1.807, 2.05) is 6.07 Å². The van der Waals surface area contributed by atoms with Crippen molar-refractivity contribution in [2.45, 2.75) is 45.7 Å². The van der Waals surface area contributed by atoms with Gasteiger partial charge in [-0.25, -0.2) is 0 Å². The van der Waals surface area contributed by atoms with Crippen LogP contribution in [0.15, 0.2) is 48.5 Å². The van der Waals surface area contributed by atoms with Gasteiger partial charge in [-0.1, -0.05) is 37.3 Å². The number of fused-ring (bicyclic) bond motifs is 1. The molecule has 1 atom stereocenters. The highest BCUT2D eigenvalue weighted by atomic mass is 16.1. The average molecular weight is 420 g/mol. The van der Waals surface area contributed by atoms with E-state index < -0.39 is 0 Å². The monoisotopic (exact) mass is 419 g/mol. The van der Waals surface area contributed by atoms with Crippen molar-refractivity contribution < 1.29 is 4.79 Å². The molecule has 1 aliphatic rings. The Morgan fingerprint density at radius 3 is 2.61 bits per heavy atom. The van der Waals surface area contributed by atoms with Crippen LogP contribution in [0.2, 0.25) is 0 Å². The number of piperazine rings is 1. The number of anilines is 1. The molecule has 1 saturated heterocycles. The van der Waals surface area contributed by atoms with Gasteiger partial charge in [0.05, 0.1) is 17.8 Å². The zero-order valence-electron chi connectivity index (χ0n) is 18.8. The van der Waals surface area contributed by atoms with Crippen molar-refractivity contribution >= 4 is 22.5 Å². The molecular formula is C25H33N5O. The van der Waals surface area contributed by atoms with Gasteiger partial charge in [0, 0.05) is 42.8 Å². The minimum Gasteiger partial charge on any atom is -0.369 e. The first-order valence-corrected chi connectivity index (χ1v) is 11.3. The van der Waals surface area contributed by atoms with E-state index in [1.165, 1.54) is 22.2 Å². The molecule has 2 heterocycles. The maximum atomic E-state index is 11.7. The number of hydrogen-bond acceptors (Lipinski definition) is 4. The zero-order chi connectivity index (χ0) is 22.0. The minimum absolute atomic E-state index is 0.237. The number of rotatable bonds is 7. The number of hydrogen-bond donors (Lipinski definition) is 1. The number of carbonyl (C=O) groups is 1. The van der Waals surface area contributed by atoms with Crippen LogP contribution >= 0.6 is 0 Å². The molecule has 3 aromatic rings. The molecule has 31 heavy (non-hydrogen) atoms. The normalized spacial score (nSPS) is 17.5. The standard InChI is InChI=1S/C25H33N5O/c1-4-23-22-11-10-20(15-24(22)30(27-23)18(2)3)28-12-13-29(17-25(26)31)21(16-28)14-19-8-6-5-7-9-19/h5-11,15,18,21H,4,12-14,16-17H2,1-3H3,(H2,26,31). The fourth-order valence-corrected chi connectivity index (χ4v) is 4.66. The van der Waals surface area contributed by atoms with Gasteiger partial charge in [0.15, 0.2) is 0 Å². The maximum Gasteiger partial charge on any atom is 0.231 e. The minimum atomic E-state index is -0.263. The van der Waals surface area contributed by atoms with Crippen LogP contribution in [0.1, 0.15) is 38.1 Å². The Hall–Kier alpha value is -2.86. The summed E-state index contributed by atoms with van der Waals surface area (Å²) in [7, 11) is 0. The highest BCUT2D eigenvalue weighted by Crippen LogP contribution is 2.29. The van der Waals surface area contributed by atoms with E-state index in [9.17, 15) is 4.79 Å². The molecule has 1 aromatic heterocycles. The van der Waals surface area contributed by atoms with Gasteiger partial charge in [0.2, 0.25) is 5.91 Å². The summed E-state index contributed by atoms with van der Waals surface area (Å²) in [6.07, 6.45) is 1.83. The highest BCUT2D eigenvalue weighted by molar-refractivity contribution is 5.85. The summed E-state index contributed by atoms with van der Waals surface area (Å²) < 4.78 is 2.14. The van der Waals surface area contributed by atoms with Crippen molar-refractivity contribution in [2.75, 3.05) is 31.1 Å². The second-order valence-electron chi connectivity index (χ2n) is 8.77. The van der Waals surface area contributed by atoms with E-state index in [-0.39, 0.29) is 11.9 Å². The molecule has 0 bridgehead atoms. The van der Waals surface area contributed by atoms with Crippen LogP contribution in [-0.2, 0) is 17.6 Å². The average Bonchev–Trinajstić information content (AvgIpc) is 3.14. The summed E-state index contributed by atoms with van der Waals surface area (Å²) in [4.78, 5) is 16.3. The third kappa shape index (κ3) is 4.59. The molecule has 2 aromatic carbocycles. The van der Waals surface area contributed by atoms with E-state index in [2.05, 4.69) is 77.7 Å². The number of benzene rings is 2. The lowest BCUT2D eigenvalue weighted by molar-refractivity contribution is -0.119. The first-order chi connectivity index (χ1) is 15.0. The van der Waals surface area contributed by atoms with Gasteiger partial charge >= 0.3 is 0 Å². The molecule has 6 heteroatoms. The molecular weight excluding hydrogens is 386 g/mol. The SMILES string of the molecule is CCc1nn(C(C)C)c2cc(N3CCN(CC(N)=O)C(Cc4ccccc4)C3)ccc12. The quantitative estimate of drug-likeness (QED) is 0.637. The lowest BCUT2D eigenvalue weighted by Crippen LogP contribution is -2.56. The van der Waals surface area contributed by atoms with Crippen molar-refractivity contribution in [3.63, 3.8) is 0 Å². The summed E-state index contributed by atoms with van der Waals surface area (Å²) in [5, 5.41) is 6.09. The van der Waals surface area contributed by atoms with Crippen LogP contribution in [-0.4, -0.2) is 52.8 Å². The molecule has 0 aliphatic carbocycles. The Labute approximate surface area is 184 Å². The van der Waals surface area contributed by atoms with Gasteiger partial charge in [-0.3, -0.25) is 14.4 Å². The van der Waals surface area contributed by atoms with Crippen LogP contribution in [0.3, 0.4) is 0 Å². The van der Waals surface area contributed by atoms with Crippen molar-refractivity contribution in [3.05, 3.63) is 59.8 Å². The predicted octanol–water partition coefficient (Wildman–Crippen LogP) is 3.40. The first kappa shape index (κ1) is 21.4. The topological polar surface area (TPSA) is 67.4 Å². The number of amides is 1. The van der Waals surface area contributed by atoms with Crippen molar-refractivity contribution in [3.8, 4) is 0 Å². The fraction of sp³-hybridized carbons (Fsp3) is 0.440. The van der Waals surface area contributed by atoms with Crippen LogP contribution in [0.4, 0.5) is 5.69 Å². The Morgan fingerprint density at radius 1 is 1.16 bits per heavy atom. The Kier molecular flexibility index (Phi) is 6.28. The summed E-state index contributed by atoms with van der Waals surface area (Å²) in [6, 6.07) is 17.8. The van der Waals surface area contributed by atoms with Gasteiger partial charge in [0.25, 0.3) is 0 Å². The first-order valence-electron chi connectivity index (χ1n) is 11.3. The number of nitrogens with two attached hydrogens (primary N) is 1. The lowest BCUT2D eigenvalue weighted by atomic mass is 10.0. The van der Waals surface area contributed by atoms with Gasteiger partial charge in [-0.05, 0) is 50.5 Å². The number of nitrogens with zero attached hydrogens (tertiary/aromatic N) is 4. The van der Waals surface area contributed by atoms with Gasteiger partial charge in [-0.2, -0.15) is 5.10 Å². The number of aromatic nitrogens is 2. The molecule has 6 nitrogen and oxygen atoms in total. The summed E-state index contributed by atoms with van der Waals surface area (Å²) in [5.41, 5.74) is 10.4. The fourth-order valence-electron chi connectivity index (χ4n) is 4.66. The van der Waals surface area contributed by atoms with E-state index >= 15 is 0 Å². The van der Waals surface area contributed by atoms with Gasteiger partial charge in [-0.15, -0.1) is 0 Å². The molecule has 164 valence electrons. The van der Waals surface area contributed by atoms with E-state index in [1.54, 1.807) is 0 Å². The molecule has 1 amide bonds. The zero-order valence-corrected chi connectivity index (χ0v) is 18.8. The maximum absolute atomic E-state index is 11.7. The van der Waals surface area contributed by atoms with E-state index in [4.69, 9.17) is 10.8 Å². The van der Waals surface area contributed by atoms with Gasteiger partial charge in [0.1, 0.15) is 0 Å². The van der Waals surface area contributed by atoms with Crippen LogP contribution in [0.25, 0.3) is 10.9 Å². The van der Waals surface area contributed by atoms with Gasteiger partial charge < -0.3 is 10.6 Å². The van der Waals surface area contributed by atoms with Crippen molar-refractivity contribution in [2.24, 2.45) is 5.73 Å². The number of aryl methyl sites for hydroxylation is 1. The summed E-state index contributed by atoms with van der Waals surface area (Å²) in [5.74, 6) is -0.263. The third-order valence-electron chi connectivity index (χ3n) is 6.23. The van der Waals surface area contributed by atoms with Crippen LogP contribution in [0.5, 0.6) is 0 Å². The largest absolute Gasteiger partial charge is 0.369 e. The predicted molar refractivity (Wildman–Crippen MR) is 126 cm³/mol. The molecule has 1 aliphatic heterocycles. The van der Waals surface area contributed by atoms with Crippen LogP contribution in [0, 0.1) is 0 Å². The van der Waals surface area contributed by atoms with E-state index in [0.717, 1.165) is 38.2 Å². The third-order valence-corrected chi connectivity index (χ3v) is 6.23. The molecule has 0 saturated carbocycles. The Morgan fingerprint density at radius 2 is 1.94 bits per heavy atom. The van der Waals surface area contributed by atoms with Crippen LogP contribution < -0.4 is 10.6 Å². The van der Waals surface area contributed by atoms with Crippen molar-refractivity contribution in [1.29, 1.82) is 0 Å². The molecule has 2 N–H and O–H groups in total. The molecule has 1 unspecified atom stereocenters. The Bertz CT molecular complexity index is 1040. The number of carbonyl (C=O) groups excluding carboxylic acids is 1. The highest BCUT2D eigenvalue weighted by Gasteiger charge is 2.28.